The van der Waals surface area contributed by atoms with Gasteiger partial charge in [0.1, 0.15) is 0 Å². The van der Waals surface area contributed by atoms with Gasteiger partial charge in [0.15, 0.2) is 0 Å². The summed E-state index contributed by atoms with van der Waals surface area (Å²) in [5, 5.41) is 6.02. The van der Waals surface area contributed by atoms with E-state index in [1.807, 2.05) is 18.2 Å². The quantitative estimate of drug-likeness (QED) is 0.778. The second-order valence-corrected chi connectivity index (χ2v) is 5.94. The molecule has 1 saturated heterocycles. The SMILES string of the molecule is Cc1ccc(NC(=O)CNCC2CCCO2)cc1I. The maximum absolute atomic E-state index is 11.8. The zero-order valence-corrected chi connectivity index (χ0v) is 13.2. The Bertz CT molecular complexity index is 445. The van der Waals surface area contributed by atoms with Crippen LogP contribution in [0.1, 0.15) is 18.4 Å². The molecule has 1 atom stereocenters. The van der Waals surface area contributed by atoms with E-state index in [0.29, 0.717) is 6.54 Å². The van der Waals surface area contributed by atoms with E-state index in [2.05, 4.69) is 40.1 Å². The summed E-state index contributed by atoms with van der Waals surface area (Å²) in [5.41, 5.74) is 2.06. The Balaban J connectivity index is 1.72. The summed E-state index contributed by atoms with van der Waals surface area (Å²) in [7, 11) is 0. The van der Waals surface area contributed by atoms with Crippen molar-refractivity contribution in [1.82, 2.24) is 5.32 Å². The van der Waals surface area contributed by atoms with Crippen molar-refractivity contribution in [2.24, 2.45) is 0 Å². The molecule has 0 aromatic heterocycles. The highest BCUT2D eigenvalue weighted by molar-refractivity contribution is 14.1. The van der Waals surface area contributed by atoms with E-state index in [4.69, 9.17) is 4.74 Å². The van der Waals surface area contributed by atoms with Gasteiger partial charge in [-0.1, -0.05) is 6.07 Å². The van der Waals surface area contributed by atoms with Gasteiger partial charge in [0, 0.05) is 22.4 Å². The molecule has 0 bridgehead atoms. The molecule has 5 heteroatoms. The fraction of sp³-hybridized carbons (Fsp3) is 0.500. The van der Waals surface area contributed by atoms with Crippen LogP contribution in [0.4, 0.5) is 5.69 Å². The topological polar surface area (TPSA) is 50.4 Å². The summed E-state index contributed by atoms with van der Waals surface area (Å²) in [5.74, 6) is -0.0161. The summed E-state index contributed by atoms with van der Waals surface area (Å²) < 4.78 is 6.64. The van der Waals surface area contributed by atoms with Crippen LogP contribution in [0.15, 0.2) is 18.2 Å². The van der Waals surface area contributed by atoms with E-state index in [9.17, 15) is 4.79 Å². The van der Waals surface area contributed by atoms with Gasteiger partial charge in [0.05, 0.1) is 12.6 Å². The lowest BCUT2D eigenvalue weighted by Crippen LogP contribution is -2.33. The van der Waals surface area contributed by atoms with E-state index in [1.165, 1.54) is 5.56 Å². The van der Waals surface area contributed by atoms with Gasteiger partial charge >= 0.3 is 0 Å². The Kier molecular flexibility index (Phi) is 5.59. The lowest BCUT2D eigenvalue weighted by Gasteiger charge is -2.11. The highest BCUT2D eigenvalue weighted by Gasteiger charge is 2.15. The highest BCUT2D eigenvalue weighted by atomic mass is 127. The van der Waals surface area contributed by atoms with Gasteiger partial charge in [-0.05, 0) is 60.1 Å². The van der Waals surface area contributed by atoms with E-state index in [1.54, 1.807) is 0 Å². The second kappa shape index (κ2) is 7.21. The fourth-order valence-electron chi connectivity index (χ4n) is 2.03. The number of benzene rings is 1. The molecule has 2 N–H and O–H groups in total. The molecular formula is C14H19IN2O2. The van der Waals surface area contributed by atoms with Gasteiger partial charge in [0.25, 0.3) is 0 Å². The van der Waals surface area contributed by atoms with E-state index >= 15 is 0 Å². The smallest absolute Gasteiger partial charge is 0.238 e. The predicted octanol–water partition coefficient (Wildman–Crippen LogP) is 2.31. The fourth-order valence-corrected chi connectivity index (χ4v) is 2.54. The van der Waals surface area contributed by atoms with Crippen LogP contribution < -0.4 is 10.6 Å². The number of halogens is 1. The number of nitrogens with one attached hydrogen (secondary N) is 2. The Hall–Kier alpha value is -0.660. The van der Waals surface area contributed by atoms with Gasteiger partial charge in [-0.3, -0.25) is 4.79 Å². The molecule has 1 aliphatic rings. The van der Waals surface area contributed by atoms with E-state index in [-0.39, 0.29) is 12.0 Å². The first-order valence-corrected chi connectivity index (χ1v) is 7.61. The minimum Gasteiger partial charge on any atom is -0.377 e. The molecule has 1 aromatic carbocycles. The average Bonchev–Trinajstić information content (AvgIpc) is 2.87. The molecule has 1 fully saturated rings. The molecule has 104 valence electrons. The lowest BCUT2D eigenvalue weighted by atomic mass is 10.2. The van der Waals surface area contributed by atoms with Crippen molar-refractivity contribution < 1.29 is 9.53 Å². The largest absolute Gasteiger partial charge is 0.377 e. The van der Waals surface area contributed by atoms with Crippen molar-refractivity contribution in [1.29, 1.82) is 0 Å². The van der Waals surface area contributed by atoms with Crippen molar-refractivity contribution >= 4 is 34.2 Å². The molecule has 4 nitrogen and oxygen atoms in total. The number of hydrogen-bond donors (Lipinski definition) is 2. The normalized spacial score (nSPS) is 18.5. The first-order valence-electron chi connectivity index (χ1n) is 6.53. The zero-order valence-electron chi connectivity index (χ0n) is 11.0. The third-order valence-electron chi connectivity index (χ3n) is 3.14. The molecule has 0 aliphatic carbocycles. The molecule has 2 rings (SSSR count). The van der Waals surface area contributed by atoms with Gasteiger partial charge in [-0.15, -0.1) is 0 Å². The van der Waals surface area contributed by atoms with Crippen LogP contribution in [0.2, 0.25) is 0 Å². The number of anilines is 1. The number of amides is 1. The summed E-state index contributed by atoms with van der Waals surface area (Å²) in [4.78, 5) is 11.8. The molecule has 0 spiro atoms. The van der Waals surface area contributed by atoms with Crippen LogP contribution in [0.25, 0.3) is 0 Å². The molecule has 0 radical (unpaired) electrons. The average molecular weight is 374 g/mol. The summed E-state index contributed by atoms with van der Waals surface area (Å²) in [6.07, 6.45) is 2.48. The molecule has 1 amide bonds. The van der Waals surface area contributed by atoms with Crippen LogP contribution in [0.3, 0.4) is 0 Å². The number of carbonyl (C=O) groups excluding carboxylic acids is 1. The molecule has 1 unspecified atom stereocenters. The maximum Gasteiger partial charge on any atom is 0.238 e. The number of rotatable bonds is 5. The first-order chi connectivity index (χ1) is 9.15. The van der Waals surface area contributed by atoms with Gasteiger partial charge in [-0.25, -0.2) is 0 Å². The van der Waals surface area contributed by atoms with Crippen molar-refractivity contribution in [3.8, 4) is 0 Å². The van der Waals surface area contributed by atoms with Crippen molar-refractivity contribution in [3.63, 3.8) is 0 Å². The van der Waals surface area contributed by atoms with Crippen LogP contribution in [0, 0.1) is 10.5 Å². The Morgan fingerprint density at radius 1 is 1.53 bits per heavy atom. The first kappa shape index (κ1) is 14.7. The van der Waals surface area contributed by atoms with E-state index < -0.39 is 0 Å². The minimum absolute atomic E-state index is 0.0161. The second-order valence-electron chi connectivity index (χ2n) is 4.78. The van der Waals surface area contributed by atoms with Crippen LogP contribution in [-0.4, -0.2) is 31.7 Å². The molecule has 0 saturated carbocycles. The van der Waals surface area contributed by atoms with Crippen molar-refractivity contribution in [2.75, 3.05) is 25.0 Å². The maximum atomic E-state index is 11.8. The lowest BCUT2D eigenvalue weighted by molar-refractivity contribution is -0.115. The Morgan fingerprint density at radius 3 is 3.05 bits per heavy atom. The van der Waals surface area contributed by atoms with Crippen molar-refractivity contribution in [3.05, 3.63) is 27.3 Å². The Morgan fingerprint density at radius 2 is 2.37 bits per heavy atom. The third kappa shape index (κ3) is 4.74. The van der Waals surface area contributed by atoms with Crippen LogP contribution in [-0.2, 0) is 9.53 Å². The molecule has 1 heterocycles. The molecule has 19 heavy (non-hydrogen) atoms. The number of carbonyl (C=O) groups is 1. The number of hydrogen-bond acceptors (Lipinski definition) is 3. The van der Waals surface area contributed by atoms with Crippen LogP contribution >= 0.6 is 22.6 Å². The van der Waals surface area contributed by atoms with Crippen molar-refractivity contribution in [2.45, 2.75) is 25.9 Å². The summed E-state index contributed by atoms with van der Waals surface area (Å²) in [6.45, 7) is 3.97. The highest BCUT2D eigenvalue weighted by Crippen LogP contribution is 2.16. The monoisotopic (exact) mass is 374 g/mol. The van der Waals surface area contributed by atoms with Gasteiger partial charge < -0.3 is 15.4 Å². The standard InChI is InChI=1S/C14H19IN2O2/c1-10-4-5-11(7-13(10)15)17-14(18)9-16-8-12-3-2-6-19-12/h4-5,7,12,16H,2-3,6,8-9H2,1H3,(H,17,18). The van der Waals surface area contributed by atoms with Gasteiger partial charge in [-0.2, -0.15) is 0 Å². The summed E-state index contributed by atoms with van der Waals surface area (Å²) >= 11 is 2.27. The third-order valence-corrected chi connectivity index (χ3v) is 4.30. The number of ether oxygens (including phenoxy) is 1. The zero-order chi connectivity index (χ0) is 13.7. The summed E-state index contributed by atoms with van der Waals surface area (Å²) in [6, 6.07) is 5.92. The molecular weight excluding hydrogens is 355 g/mol. The van der Waals surface area contributed by atoms with Gasteiger partial charge in [0.2, 0.25) is 5.91 Å². The number of aryl methyl sites for hydroxylation is 1. The van der Waals surface area contributed by atoms with E-state index in [0.717, 1.165) is 35.3 Å². The predicted molar refractivity (Wildman–Crippen MR) is 84.4 cm³/mol. The molecule has 1 aromatic rings. The minimum atomic E-state index is -0.0161. The van der Waals surface area contributed by atoms with Crippen LogP contribution in [0.5, 0.6) is 0 Å². The Labute approximate surface area is 127 Å². The molecule has 1 aliphatic heterocycles.